The Hall–Kier alpha value is -1.95. The molecule has 6 heteroatoms. The van der Waals surface area contributed by atoms with Crippen molar-refractivity contribution >= 4 is 27.3 Å². The van der Waals surface area contributed by atoms with Crippen molar-refractivity contribution in [1.29, 1.82) is 0 Å². The first kappa shape index (κ1) is 12.5. The van der Waals surface area contributed by atoms with Crippen molar-refractivity contribution in [1.82, 2.24) is 0 Å². The van der Waals surface area contributed by atoms with Gasteiger partial charge in [0.25, 0.3) is 0 Å². The highest BCUT2D eigenvalue weighted by molar-refractivity contribution is 7.86. The molecule has 2 aromatic rings. The van der Waals surface area contributed by atoms with E-state index in [0.717, 1.165) is 12.1 Å². The van der Waals surface area contributed by atoms with Gasteiger partial charge in [0.1, 0.15) is 10.5 Å². The Labute approximate surface area is 103 Å². The number of fused-ring (bicyclic) bond motifs is 1. The molecular formula is C12H9FO4S. The molecule has 0 aliphatic heterocycles. The minimum Gasteiger partial charge on any atom is -0.422 e. The largest absolute Gasteiger partial charge is 0.422 e. The van der Waals surface area contributed by atoms with Crippen LogP contribution in [0.3, 0.4) is 0 Å². The molecule has 1 aromatic heterocycles. The third-order valence-corrected chi connectivity index (χ3v) is 3.49. The lowest BCUT2D eigenvalue weighted by atomic mass is 10.1. The van der Waals surface area contributed by atoms with Crippen LogP contribution < -0.4 is 5.63 Å². The third kappa shape index (κ3) is 1.95. The predicted octanol–water partition coefficient (Wildman–Crippen LogP) is 2.40. The van der Waals surface area contributed by atoms with Gasteiger partial charge in [-0.15, -0.1) is 3.89 Å². The van der Waals surface area contributed by atoms with Crippen LogP contribution >= 0.6 is 0 Å². The SMILES string of the molecule is C=Cc1c(C)c2ccc(S(=O)(=O)F)cc2oc1=O. The number of benzene rings is 1. The van der Waals surface area contributed by atoms with Crippen molar-refractivity contribution in [2.45, 2.75) is 11.8 Å². The Kier molecular flexibility index (Phi) is 2.82. The average molecular weight is 268 g/mol. The molecule has 94 valence electrons. The molecular weight excluding hydrogens is 259 g/mol. The van der Waals surface area contributed by atoms with Crippen molar-refractivity contribution in [3.8, 4) is 0 Å². The lowest BCUT2D eigenvalue weighted by molar-refractivity contribution is 0.546. The molecule has 18 heavy (non-hydrogen) atoms. The maximum absolute atomic E-state index is 12.8. The minimum atomic E-state index is -4.82. The zero-order valence-corrected chi connectivity index (χ0v) is 10.3. The van der Waals surface area contributed by atoms with Gasteiger partial charge in [-0.2, -0.15) is 8.42 Å². The number of hydrogen-bond donors (Lipinski definition) is 0. The van der Waals surface area contributed by atoms with Gasteiger partial charge in [-0.25, -0.2) is 4.79 Å². The molecule has 0 aliphatic carbocycles. The standard InChI is InChI=1S/C12H9FO4S/c1-3-9-7(2)10-5-4-8(18(13,15)16)6-11(10)17-12(9)14/h3-6H,1H2,2H3. The normalized spacial score (nSPS) is 11.7. The first-order valence-corrected chi connectivity index (χ1v) is 6.37. The van der Waals surface area contributed by atoms with Gasteiger partial charge in [-0.05, 0) is 24.6 Å². The molecule has 1 heterocycles. The second kappa shape index (κ2) is 4.06. The molecule has 0 bridgehead atoms. The highest BCUT2D eigenvalue weighted by Gasteiger charge is 2.15. The first-order valence-electron chi connectivity index (χ1n) is 4.99. The van der Waals surface area contributed by atoms with Crippen LogP contribution in [-0.4, -0.2) is 8.42 Å². The molecule has 1 aromatic carbocycles. The third-order valence-electron chi connectivity index (χ3n) is 2.67. The Morgan fingerprint density at radius 1 is 1.39 bits per heavy atom. The molecule has 0 spiro atoms. The molecule has 0 atom stereocenters. The van der Waals surface area contributed by atoms with Gasteiger partial charge in [-0.3, -0.25) is 0 Å². The molecule has 0 saturated heterocycles. The van der Waals surface area contributed by atoms with E-state index < -0.39 is 20.7 Å². The van der Waals surface area contributed by atoms with Crippen LogP contribution in [0.15, 0.2) is 38.9 Å². The number of rotatable bonds is 2. The minimum absolute atomic E-state index is 0.0295. The molecule has 4 nitrogen and oxygen atoms in total. The summed E-state index contributed by atoms with van der Waals surface area (Å²) in [7, 11) is -4.82. The van der Waals surface area contributed by atoms with E-state index in [-0.39, 0.29) is 5.58 Å². The molecule has 0 saturated carbocycles. The molecule has 0 N–H and O–H groups in total. The van der Waals surface area contributed by atoms with Crippen LogP contribution in [0.4, 0.5) is 3.89 Å². The maximum Gasteiger partial charge on any atom is 0.343 e. The van der Waals surface area contributed by atoms with E-state index in [4.69, 9.17) is 4.42 Å². The van der Waals surface area contributed by atoms with Crippen molar-refractivity contribution in [2.24, 2.45) is 0 Å². The zero-order chi connectivity index (χ0) is 13.5. The second-order valence-electron chi connectivity index (χ2n) is 3.73. The topological polar surface area (TPSA) is 64.3 Å². The fourth-order valence-electron chi connectivity index (χ4n) is 1.74. The van der Waals surface area contributed by atoms with E-state index in [9.17, 15) is 17.1 Å². The maximum atomic E-state index is 12.8. The summed E-state index contributed by atoms with van der Waals surface area (Å²) in [6.07, 6.45) is 1.36. The van der Waals surface area contributed by atoms with Crippen molar-refractivity contribution in [3.63, 3.8) is 0 Å². The molecule has 0 fully saturated rings. The van der Waals surface area contributed by atoms with E-state index in [1.165, 1.54) is 12.1 Å². The monoisotopic (exact) mass is 268 g/mol. The summed E-state index contributed by atoms with van der Waals surface area (Å²) in [5.41, 5.74) is 0.308. The second-order valence-corrected chi connectivity index (χ2v) is 5.08. The van der Waals surface area contributed by atoms with Crippen molar-refractivity contribution in [2.75, 3.05) is 0 Å². The summed E-state index contributed by atoms with van der Waals surface area (Å²) < 4.78 is 39.3. The van der Waals surface area contributed by atoms with Gasteiger partial charge in [0.2, 0.25) is 0 Å². The van der Waals surface area contributed by atoms with E-state index >= 15 is 0 Å². The molecule has 0 radical (unpaired) electrons. The first-order chi connectivity index (χ1) is 8.34. The molecule has 0 amide bonds. The lowest BCUT2D eigenvalue weighted by Gasteiger charge is -2.04. The van der Waals surface area contributed by atoms with Gasteiger partial charge in [0, 0.05) is 11.5 Å². The van der Waals surface area contributed by atoms with Crippen molar-refractivity contribution < 1.29 is 16.7 Å². The zero-order valence-electron chi connectivity index (χ0n) is 9.44. The molecule has 0 unspecified atom stereocenters. The van der Waals surface area contributed by atoms with E-state index in [2.05, 4.69) is 6.58 Å². The van der Waals surface area contributed by atoms with Crippen molar-refractivity contribution in [3.05, 3.63) is 46.3 Å². The van der Waals surface area contributed by atoms with Gasteiger partial charge in [-0.1, -0.05) is 12.7 Å². The average Bonchev–Trinajstić information content (AvgIpc) is 2.27. The number of halogens is 1. The fraction of sp³-hybridized carbons (Fsp3) is 0.0833. The summed E-state index contributed by atoms with van der Waals surface area (Å²) in [5, 5.41) is 0.539. The predicted molar refractivity (Wildman–Crippen MR) is 65.6 cm³/mol. The fourth-order valence-corrected chi connectivity index (χ4v) is 2.22. The lowest BCUT2D eigenvalue weighted by Crippen LogP contribution is -2.06. The summed E-state index contributed by atoms with van der Waals surface area (Å²) in [5.74, 6) is 0. The Balaban J connectivity index is 2.90. The summed E-state index contributed by atoms with van der Waals surface area (Å²) in [4.78, 5) is 11.0. The van der Waals surface area contributed by atoms with Crippen LogP contribution in [0.1, 0.15) is 11.1 Å². The van der Waals surface area contributed by atoms with E-state index in [0.29, 0.717) is 16.5 Å². The van der Waals surface area contributed by atoms with Gasteiger partial charge < -0.3 is 4.42 Å². The summed E-state index contributed by atoms with van der Waals surface area (Å²) in [6.45, 7) is 5.18. The van der Waals surface area contributed by atoms with Crippen LogP contribution in [0.2, 0.25) is 0 Å². The van der Waals surface area contributed by atoms with Crippen LogP contribution in [0.5, 0.6) is 0 Å². The van der Waals surface area contributed by atoms with E-state index in [1.54, 1.807) is 6.92 Å². The Morgan fingerprint density at radius 2 is 2.06 bits per heavy atom. The quantitative estimate of drug-likeness (QED) is 0.619. The van der Waals surface area contributed by atoms with Crippen LogP contribution in [-0.2, 0) is 10.2 Å². The van der Waals surface area contributed by atoms with Crippen LogP contribution in [0, 0.1) is 6.92 Å². The van der Waals surface area contributed by atoms with E-state index in [1.807, 2.05) is 0 Å². The van der Waals surface area contributed by atoms with Gasteiger partial charge in [0.15, 0.2) is 0 Å². The molecule has 2 rings (SSSR count). The smallest absolute Gasteiger partial charge is 0.343 e. The summed E-state index contributed by atoms with van der Waals surface area (Å²) in [6, 6.07) is 3.51. The van der Waals surface area contributed by atoms with Gasteiger partial charge >= 0.3 is 15.8 Å². The van der Waals surface area contributed by atoms with Crippen LogP contribution in [0.25, 0.3) is 17.0 Å². The number of aryl methyl sites for hydroxylation is 1. The highest BCUT2D eigenvalue weighted by atomic mass is 32.3. The Morgan fingerprint density at radius 3 is 2.61 bits per heavy atom. The highest BCUT2D eigenvalue weighted by Crippen LogP contribution is 2.23. The Bertz CT molecular complexity index is 803. The summed E-state index contributed by atoms with van der Waals surface area (Å²) >= 11 is 0. The molecule has 0 aliphatic rings. The van der Waals surface area contributed by atoms with Gasteiger partial charge in [0.05, 0.1) is 5.56 Å². The number of hydrogen-bond acceptors (Lipinski definition) is 4.